The molecule has 5 nitrogen and oxygen atoms in total. The molecule has 1 aliphatic rings. The highest BCUT2D eigenvalue weighted by Crippen LogP contribution is 2.28. The Morgan fingerprint density at radius 3 is 2.88 bits per heavy atom. The standard InChI is InChI=1S/C18H25N3O2.HI/c1-19-18(20-9-10-22-13-14-7-8-14)21(2)12-16-11-15-5-3-4-6-17(15)23-16;/h3-6,11,14H,7-10,12-13H2,1-2H3,(H,19,20);1H. The van der Waals surface area contributed by atoms with E-state index in [0.29, 0.717) is 13.2 Å². The zero-order valence-corrected chi connectivity index (χ0v) is 16.7. The molecule has 1 aromatic heterocycles. The van der Waals surface area contributed by atoms with Crippen LogP contribution in [0.25, 0.3) is 11.0 Å². The van der Waals surface area contributed by atoms with E-state index in [4.69, 9.17) is 9.15 Å². The number of hydrogen-bond donors (Lipinski definition) is 1. The molecule has 1 saturated carbocycles. The quantitative estimate of drug-likeness (QED) is 0.308. The first-order valence-corrected chi connectivity index (χ1v) is 8.23. The number of aliphatic imine (C=N–C) groups is 1. The van der Waals surface area contributed by atoms with Gasteiger partial charge in [-0.3, -0.25) is 4.99 Å². The number of nitrogens with one attached hydrogen (secondary N) is 1. The fourth-order valence-electron chi connectivity index (χ4n) is 2.58. The van der Waals surface area contributed by atoms with Gasteiger partial charge in [-0.15, -0.1) is 24.0 Å². The molecule has 1 N–H and O–H groups in total. The first kappa shape index (κ1) is 19.1. The average Bonchev–Trinajstić information content (AvgIpc) is 3.28. The highest BCUT2D eigenvalue weighted by Gasteiger charge is 2.20. The van der Waals surface area contributed by atoms with Crippen LogP contribution in [0.3, 0.4) is 0 Å². The summed E-state index contributed by atoms with van der Waals surface area (Å²) in [5, 5.41) is 4.46. The molecule has 6 heteroatoms. The lowest BCUT2D eigenvalue weighted by Gasteiger charge is -2.21. The van der Waals surface area contributed by atoms with Crippen molar-refractivity contribution in [3.8, 4) is 0 Å². The smallest absolute Gasteiger partial charge is 0.193 e. The Morgan fingerprint density at radius 2 is 2.17 bits per heavy atom. The van der Waals surface area contributed by atoms with Crippen LogP contribution >= 0.6 is 24.0 Å². The van der Waals surface area contributed by atoms with Crippen LogP contribution in [-0.2, 0) is 11.3 Å². The molecular weight excluding hydrogens is 417 g/mol. The summed E-state index contributed by atoms with van der Waals surface area (Å²) in [5.74, 6) is 2.59. The molecule has 0 radical (unpaired) electrons. The minimum absolute atomic E-state index is 0. The van der Waals surface area contributed by atoms with E-state index in [1.807, 2.05) is 25.2 Å². The van der Waals surface area contributed by atoms with Crippen molar-refractivity contribution in [2.24, 2.45) is 10.9 Å². The third-order valence-electron chi connectivity index (χ3n) is 4.02. The molecule has 1 heterocycles. The lowest BCUT2D eigenvalue weighted by molar-refractivity contribution is 0.128. The SMILES string of the molecule is CN=C(NCCOCC1CC1)N(C)Cc1cc2ccccc2o1.I. The van der Waals surface area contributed by atoms with Gasteiger partial charge in [-0.25, -0.2) is 0 Å². The molecule has 0 saturated heterocycles. The van der Waals surface area contributed by atoms with E-state index < -0.39 is 0 Å². The van der Waals surface area contributed by atoms with Crippen molar-refractivity contribution < 1.29 is 9.15 Å². The molecule has 0 unspecified atom stereocenters. The van der Waals surface area contributed by atoms with Gasteiger partial charge in [0, 0.05) is 32.6 Å². The van der Waals surface area contributed by atoms with E-state index in [-0.39, 0.29) is 24.0 Å². The van der Waals surface area contributed by atoms with Crippen LogP contribution in [0, 0.1) is 5.92 Å². The van der Waals surface area contributed by atoms with Gasteiger partial charge in [-0.05, 0) is 30.9 Å². The highest BCUT2D eigenvalue weighted by atomic mass is 127. The summed E-state index contributed by atoms with van der Waals surface area (Å²) in [6.07, 6.45) is 2.66. The number of para-hydroxylation sites is 1. The van der Waals surface area contributed by atoms with Crippen molar-refractivity contribution >= 4 is 40.9 Å². The van der Waals surface area contributed by atoms with E-state index >= 15 is 0 Å². The van der Waals surface area contributed by atoms with Gasteiger partial charge in [0.25, 0.3) is 0 Å². The Bertz CT molecular complexity index is 634. The van der Waals surface area contributed by atoms with Gasteiger partial charge in [0.05, 0.1) is 13.2 Å². The maximum Gasteiger partial charge on any atom is 0.193 e. The number of nitrogens with zero attached hydrogens (tertiary/aromatic N) is 2. The topological polar surface area (TPSA) is 50.0 Å². The van der Waals surface area contributed by atoms with Crippen LogP contribution in [0.2, 0.25) is 0 Å². The molecule has 3 rings (SSSR count). The molecule has 0 spiro atoms. The number of fused-ring (bicyclic) bond motifs is 1. The molecule has 2 aromatic rings. The normalized spacial score (nSPS) is 14.5. The highest BCUT2D eigenvalue weighted by molar-refractivity contribution is 14.0. The second kappa shape index (κ2) is 9.27. The summed E-state index contributed by atoms with van der Waals surface area (Å²) in [6.45, 7) is 3.06. The molecule has 24 heavy (non-hydrogen) atoms. The Hall–Kier alpha value is -1.28. The van der Waals surface area contributed by atoms with Crippen LogP contribution in [0.4, 0.5) is 0 Å². The number of benzene rings is 1. The number of hydrogen-bond acceptors (Lipinski definition) is 3. The Kier molecular flexibility index (Phi) is 7.36. The predicted molar refractivity (Wildman–Crippen MR) is 108 cm³/mol. The summed E-state index contributed by atoms with van der Waals surface area (Å²) < 4.78 is 11.5. The summed E-state index contributed by atoms with van der Waals surface area (Å²) >= 11 is 0. The Morgan fingerprint density at radius 1 is 1.38 bits per heavy atom. The van der Waals surface area contributed by atoms with E-state index in [9.17, 15) is 0 Å². The molecule has 132 valence electrons. The first-order chi connectivity index (χ1) is 11.3. The van der Waals surface area contributed by atoms with Gasteiger partial charge in [0.15, 0.2) is 5.96 Å². The van der Waals surface area contributed by atoms with E-state index in [1.54, 1.807) is 7.05 Å². The van der Waals surface area contributed by atoms with Gasteiger partial charge < -0.3 is 19.4 Å². The van der Waals surface area contributed by atoms with E-state index in [1.165, 1.54) is 12.8 Å². The van der Waals surface area contributed by atoms with Gasteiger partial charge in [-0.1, -0.05) is 18.2 Å². The zero-order chi connectivity index (χ0) is 16.1. The molecule has 0 bridgehead atoms. The maximum atomic E-state index is 5.86. The van der Waals surface area contributed by atoms with Crippen LogP contribution in [0.5, 0.6) is 0 Å². The van der Waals surface area contributed by atoms with Crippen LogP contribution < -0.4 is 5.32 Å². The summed E-state index contributed by atoms with van der Waals surface area (Å²) in [7, 11) is 3.80. The molecule has 1 fully saturated rings. The Balaban J connectivity index is 0.00000208. The number of ether oxygens (including phenoxy) is 1. The second-order valence-electron chi connectivity index (χ2n) is 6.10. The molecule has 0 amide bonds. The summed E-state index contributed by atoms with van der Waals surface area (Å²) in [4.78, 5) is 6.37. The lowest BCUT2D eigenvalue weighted by Crippen LogP contribution is -2.39. The monoisotopic (exact) mass is 443 g/mol. The molecule has 1 aromatic carbocycles. The van der Waals surface area contributed by atoms with E-state index in [2.05, 4.69) is 27.3 Å². The number of rotatable bonds is 7. The molecular formula is C18H26IN3O2. The zero-order valence-electron chi connectivity index (χ0n) is 14.3. The van der Waals surface area contributed by atoms with Crippen molar-refractivity contribution in [1.29, 1.82) is 0 Å². The number of guanidine groups is 1. The minimum Gasteiger partial charge on any atom is -0.459 e. The fraction of sp³-hybridized carbons (Fsp3) is 0.500. The van der Waals surface area contributed by atoms with Gasteiger partial charge >= 0.3 is 0 Å². The van der Waals surface area contributed by atoms with Crippen molar-refractivity contribution in [2.45, 2.75) is 19.4 Å². The third-order valence-corrected chi connectivity index (χ3v) is 4.02. The van der Waals surface area contributed by atoms with Crippen molar-refractivity contribution in [3.63, 3.8) is 0 Å². The molecule has 1 aliphatic carbocycles. The van der Waals surface area contributed by atoms with Crippen molar-refractivity contribution in [2.75, 3.05) is 33.9 Å². The van der Waals surface area contributed by atoms with Crippen LogP contribution in [-0.4, -0.2) is 44.7 Å². The maximum absolute atomic E-state index is 5.86. The molecule has 0 aliphatic heterocycles. The van der Waals surface area contributed by atoms with Gasteiger partial charge in [0.1, 0.15) is 11.3 Å². The molecule has 0 atom stereocenters. The van der Waals surface area contributed by atoms with Crippen molar-refractivity contribution in [1.82, 2.24) is 10.2 Å². The van der Waals surface area contributed by atoms with Crippen molar-refractivity contribution in [3.05, 3.63) is 36.1 Å². The third kappa shape index (κ3) is 5.37. The second-order valence-corrected chi connectivity index (χ2v) is 6.10. The number of halogens is 1. The van der Waals surface area contributed by atoms with Crippen LogP contribution in [0.1, 0.15) is 18.6 Å². The summed E-state index contributed by atoms with van der Waals surface area (Å²) in [5.41, 5.74) is 0.923. The fourth-order valence-corrected chi connectivity index (χ4v) is 2.58. The first-order valence-electron chi connectivity index (χ1n) is 8.23. The average molecular weight is 443 g/mol. The van der Waals surface area contributed by atoms with Crippen LogP contribution in [0.15, 0.2) is 39.7 Å². The predicted octanol–water partition coefficient (Wildman–Crippen LogP) is 3.48. The number of furan rings is 1. The van der Waals surface area contributed by atoms with Gasteiger partial charge in [0.2, 0.25) is 0 Å². The largest absolute Gasteiger partial charge is 0.459 e. The Labute approximate surface area is 160 Å². The lowest BCUT2D eigenvalue weighted by atomic mass is 10.2. The van der Waals surface area contributed by atoms with Gasteiger partial charge in [-0.2, -0.15) is 0 Å². The minimum atomic E-state index is 0. The summed E-state index contributed by atoms with van der Waals surface area (Å²) in [6, 6.07) is 10.1. The van der Waals surface area contributed by atoms with E-state index in [0.717, 1.165) is 41.8 Å².